The van der Waals surface area contributed by atoms with Gasteiger partial charge in [0, 0.05) is 17.7 Å². The maximum Gasteiger partial charge on any atom is 0.340 e. The Hall–Kier alpha value is -2.09. The van der Waals surface area contributed by atoms with E-state index in [0.717, 1.165) is 11.8 Å². The molecule has 88 valence electrons. The molecule has 0 bridgehead atoms. The van der Waals surface area contributed by atoms with Gasteiger partial charge in [0.2, 0.25) is 0 Å². The van der Waals surface area contributed by atoms with Crippen molar-refractivity contribution in [2.75, 3.05) is 0 Å². The summed E-state index contributed by atoms with van der Waals surface area (Å²) in [5, 5.41) is 17.5. The standard InChI is InChI=1S/C9H7N3O4S/c10-9(11)17-8-5-2-1-4(12(14)15)3-6(5)7(13)16-8/h1-3,8H,(H3,10,11). The van der Waals surface area contributed by atoms with E-state index in [-0.39, 0.29) is 16.4 Å². The normalized spacial score (nSPS) is 17.4. The van der Waals surface area contributed by atoms with Gasteiger partial charge in [0.25, 0.3) is 5.69 Å². The van der Waals surface area contributed by atoms with E-state index in [9.17, 15) is 14.9 Å². The number of hydrogen-bond donors (Lipinski definition) is 2. The lowest BCUT2D eigenvalue weighted by atomic mass is 10.1. The van der Waals surface area contributed by atoms with Crippen LogP contribution in [0.25, 0.3) is 0 Å². The van der Waals surface area contributed by atoms with Crippen molar-refractivity contribution in [2.45, 2.75) is 5.44 Å². The molecule has 1 aliphatic heterocycles. The molecule has 1 aromatic rings. The number of nitrogens with one attached hydrogen (secondary N) is 1. The number of carbonyl (C=O) groups is 1. The lowest BCUT2D eigenvalue weighted by Gasteiger charge is -2.07. The molecule has 7 nitrogen and oxygen atoms in total. The van der Waals surface area contributed by atoms with Gasteiger partial charge in [0.1, 0.15) is 0 Å². The zero-order chi connectivity index (χ0) is 12.6. The number of carbonyl (C=O) groups excluding carboxylic acids is 1. The molecule has 1 aliphatic rings. The minimum absolute atomic E-state index is 0.151. The van der Waals surface area contributed by atoms with Crippen molar-refractivity contribution < 1.29 is 14.5 Å². The van der Waals surface area contributed by atoms with Crippen LogP contribution >= 0.6 is 11.8 Å². The average Bonchev–Trinajstić information content (AvgIpc) is 2.54. The lowest BCUT2D eigenvalue weighted by Crippen LogP contribution is -2.07. The predicted octanol–water partition coefficient (Wildman–Crippen LogP) is 1.39. The van der Waals surface area contributed by atoms with E-state index in [4.69, 9.17) is 15.9 Å². The number of nitrogens with zero attached hydrogens (tertiary/aromatic N) is 1. The first kappa shape index (κ1) is 11.4. The van der Waals surface area contributed by atoms with E-state index in [0.29, 0.717) is 5.56 Å². The van der Waals surface area contributed by atoms with E-state index in [1.54, 1.807) is 0 Å². The first-order valence-corrected chi connectivity index (χ1v) is 5.37. The van der Waals surface area contributed by atoms with E-state index in [2.05, 4.69) is 0 Å². The monoisotopic (exact) mass is 253 g/mol. The summed E-state index contributed by atoms with van der Waals surface area (Å²) in [4.78, 5) is 21.4. The average molecular weight is 253 g/mol. The molecule has 0 aliphatic carbocycles. The Labute approximate surface area is 99.6 Å². The third kappa shape index (κ3) is 2.07. The van der Waals surface area contributed by atoms with Crippen LogP contribution in [0.1, 0.15) is 21.4 Å². The number of nitrogens with two attached hydrogens (primary N) is 1. The van der Waals surface area contributed by atoms with Crippen LogP contribution in [-0.2, 0) is 4.74 Å². The summed E-state index contributed by atoms with van der Waals surface area (Å²) in [5.74, 6) is -0.637. The number of amidine groups is 1. The number of rotatable bonds is 2. The fraction of sp³-hybridized carbons (Fsp3) is 0.111. The molecule has 0 amide bonds. The van der Waals surface area contributed by atoms with Crippen molar-refractivity contribution in [1.82, 2.24) is 0 Å². The second kappa shape index (κ2) is 4.06. The predicted molar refractivity (Wildman–Crippen MR) is 60.8 cm³/mol. The third-order valence-corrected chi connectivity index (χ3v) is 2.99. The molecule has 17 heavy (non-hydrogen) atoms. The molecule has 0 radical (unpaired) electrons. The summed E-state index contributed by atoms with van der Waals surface area (Å²) in [6.07, 6.45) is 0. The third-order valence-electron chi connectivity index (χ3n) is 2.17. The number of benzene rings is 1. The minimum Gasteiger partial charge on any atom is -0.442 e. The van der Waals surface area contributed by atoms with Gasteiger partial charge < -0.3 is 10.5 Å². The van der Waals surface area contributed by atoms with Crippen molar-refractivity contribution in [3.63, 3.8) is 0 Å². The summed E-state index contributed by atoms with van der Waals surface area (Å²) in [6, 6.07) is 3.89. The minimum atomic E-state index is -0.698. The fourth-order valence-electron chi connectivity index (χ4n) is 1.47. The molecular weight excluding hydrogens is 246 g/mol. The molecule has 0 aromatic heterocycles. The first-order chi connectivity index (χ1) is 7.99. The van der Waals surface area contributed by atoms with Gasteiger partial charge in [-0.1, -0.05) is 0 Å². The van der Waals surface area contributed by atoms with E-state index in [1.165, 1.54) is 18.2 Å². The van der Waals surface area contributed by atoms with Gasteiger partial charge >= 0.3 is 5.97 Å². The number of cyclic esters (lactones) is 1. The van der Waals surface area contributed by atoms with Gasteiger partial charge in [-0.2, -0.15) is 0 Å². The summed E-state index contributed by atoms with van der Waals surface area (Å²) in [6.45, 7) is 0. The smallest absolute Gasteiger partial charge is 0.340 e. The largest absolute Gasteiger partial charge is 0.442 e. The summed E-state index contributed by atoms with van der Waals surface area (Å²) < 4.78 is 4.96. The van der Waals surface area contributed by atoms with Gasteiger partial charge in [-0.25, -0.2) is 4.79 Å². The van der Waals surface area contributed by atoms with Crippen molar-refractivity contribution >= 4 is 28.6 Å². The second-order valence-corrected chi connectivity index (χ2v) is 4.35. The van der Waals surface area contributed by atoms with Crippen LogP contribution in [0.5, 0.6) is 0 Å². The van der Waals surface area contributed by atoms with Gasteiger partial charge in [0.15, 0.2) is 10.6 Å². The van der Waals surface area contributed by atoms with Crippen molar-refractivity contribution in [2.24, 2.45) is 5.73 Å². The maximum atomic E-state index is 11.5. The molecule has 0 saturated carbocycles. The Balaban J connectivity index is 2.40. The number of thioether (sulfide) groups is 1. The first-order valence-electron chi connectivity index (χ1n) is 4.49. The Morgan fingerprint density at radius 2 is 2.29 bits per heavy atom. The van der Waals surface area contributed by atoms with Crippen LogP contribution in [-0.4, -0.2) is 16.1 Å². The van der Waals surface area contributed by atoms with Gasteiger partial charge in [-0.3, -0.25) is 15.5 Å². The molecule has 2 rings (SSSR count). The summed E-state index contributed by atoms with van der Waals surface area (Å²) >= 11 is 0.871. The number of nitro groups is 1. The highest BCUT2D eigenvalue weighted by Crippen LogP contribution is 2.39. The SMILES string of the molecule is N=C(N)SC1OC(=O)c2cc([N+](=O)[O-])ccc21. The molecule has 1 heterocycles. The molecule has 0 fully saturated rings. The Morgan fingerprint density at radius 1 is 1.59 bits per heavy atom. The van der Waals surface area contributed by atoms with Gasteiger partial charge in [0.05, 0.1) is 10.5 Å². The molecule has 1 atom stereocenters. The van der Waals surface area contributed by atoms with Crippen molar-refractivity contribution in [3.8, 4) is 0 Å². The van der Waals surface area contributed by atoms with Crippen LogP contribution in [0.2, 0.25) is 0 Å². The number of ether oxygens (including phenoxy) is 1. The van der Waals surface area contributed by atoms with Crippen LogP contribution < -0.4 is 5.73 Å². The van der Waals surface area contributed by atoms with Crippen LogP contribution in [0, 0.1) is 15.5 Å². The second-order valence-electron chi connectivity index (χ2n) is 3.25. The molecule has 1 unspecified atom stereocenters. The Kier molecular flexibility index (Phi) is 2.72. The molecule has 3 N–H and O–H groups in total. The van der Waals surface area contributed by atoms with Crippen molar-refractivity contribution in [3.05, 3.63) is 39.4 Å². The molecular formula is C9H7N3O4S. The summed E-state index contributed by atoms with van der Waals surface area (Å²) in [5.41, 5.74) is 4.98. The zero-order valence-electron chi connectivity index (χ0n) is 8.38. The van der Waals surface area contributed by atoms with Gasteiger partial charge in [-0.05, 0) is 17.8 Å². The number of non-ortho nitro benzene ring substituents is 1. The molecule has 0 saturated heterocycles. The quantitative estimate of drug-likeness (QED) is 0.270. The fourth-order valence-corrected chi connectivity index (χ4v) is 2.17. The number of esters is 1. The lowest BCUT2D eigenvalue weighted by molar-refractivity contribution is -0.384. The zero-order valence-corrected chi connectivity index (χ0v) is 9.19. The highest BCUT2D eigenvalue weighted by molar-refractivity contribution is 8.13. The van der Waals surface area contributed by atoms with E-state index in [1.807, 2.05) is 0 Å². The maximum absolute atomic E-state index is 11.5. The van der Waals surface area contributed by atoms with E-state index >= 15 is 0 Å². The molecule has 8 heteroatoms. The summed E-state index contributed by atoms with van der Waals surface area (Å²) in [7, 11) is 0. The number of nitro benzene ring substituents is 1. The Morgan fingerprint density at radius 3 is 2.88 bits per heavy atom. The Bertz CT molecular complexity index is 531. The molecule has 0 spiro atoms. The molecule has 1 aromatic carbocycles. The number of hydrogen-bond acceptors (Lipinski definition) is 6. The topological polar surface area (TPSA) is 119 Å². The van der Waals surface area contributed by atoms with Crippen molar-refractivity contribution in [1.29, 1.82) is 5.41 Å². The highest BCUT2D eigenvalue weighted by atomic mass is 32.2. The van der Waals surface area contributed by atoms with Crippen LogP contribution in [0.15, 0.2) is 18.2 Å². The van der Waals surface area contributed by atoms with Gasteiger partial charge in [-0.15, -0.1) is 0 Å². The van der Waals surface area contributed by atoms with E-state index < -0.39 is 16.3 Å². The van der Waals surface area contributed by atoms with Crippen LogP contribution in [0.3, 0.4) is 0 Å². The highest BCUT2D eigenvalue weighted by Gasteiger charge is 2.33. The van der Waals surface area contributed by atoms with Crippen LogP contribution in [0.4, 0.5) is 5.69 Å². The number of fused-ring (bicyclic) bond motifs is 1.